The number of rotatable bonds is 3. The predicted molar refractivity (Wildman–Crippen MR) is 76.7 cm³/mol. The monoisotopic (exact) mass is 325 g/mol. The minimum Gasteiger partial charge on any atom is -0.316 e. The zero-order valence-electron chi connectivity index (χ0n) is 10.6. The summed E-state index contributed by atoms with van der Waals surface area (Å²) in [5, 5.41) is 3.22. The van der Waals surface area contributed by atoms with E-state index in [1.807, 2.05) is 0 Å². The van der Waals surface area contributed by atoms with Crippen molar-refractivity contribution in [3.8, 4) is 0 Å². The van der Waals surface area contributed by atoms with Crippen molar-refractivity contribution in [2.75, 3.05) is 18.8 Å². The fourth-order valence-corrected chi connectivity index (χ4v) is 3.96. The van der Waals surface area contributed by atoms with Crippen LogP contribution in [0.4, 0.5) is 0 Å². The van der Waals surface area contributed by atoms with Gasteiger partial charge in [-0.25, -0.2) is 18.4 Å². The maximum atomic E-state index is 12.2. The highest BCUT2D eigenvalue weighted by Gasteiger charge is 2.25. The smallest absolute Gasteiger partial charge is 0.248 e. The molecule has 1 aliphatic heterocycles. The third kappa shape index (κ3) is 4.56. The van der Waals surface area contributed by atoms with E-state index in [4.69, 9.17) is 11.6 Å². The number of aromatic nitrogens is 2. The Morgan fingerprint density at radius 2 is 2.21 bits per heavy atom. The quantitative estimate of drug-likeness (QED) is 0.675. The lowest BCUT2D eigenvalue weighted by molar-refractivity contribution is 0.403. The van der Waals surface area contributed by atoms with E-state index in [1.54, 1.807) is 13.0 Å². The highest BCUT2D eigenvalue weighted by molar-refractivity contribution is 7.91. The number of hydrogen-bond donors (Lipinski definition) is 1. The Bertz CT molecular complexity index is 510. The van der Waals surface area contributed by atoms with Gasteiger partial charge in [0.15, 0.2) is 0 Å². The molecule has 1 aliphatic rings. The van der Waals surface area contributed by atoms with Crippen molar-refractivity contribution >= 4 is 33.8 Å². The summed E-state index contributed by atoms with van der Waals surface area (Å²) in [6.45, 7) is 3.40. The summed E-state index contributed by atoms with van der Waals surface area (Å²) in [7, 11) is -3.45. The van der Waals surface area contributed by atoms with Crippen molar-refractivity contribution in [3.63, 3.8) is 0 Å². The third-order valence-corrected chi connectivity index (χ3v) is 4.78. The van der Waals surface area contributed by atoms with E-state index >= 15 is 0 Å². The molecule has 1 unspecified atom stereocenters. The Labute approximate surface area is 124 Å². The van der Waals surface area contributed by atoms with E-state index in [0.717, 1.165) is 25.9 Å². The summed E-state index contributed by atoms with van der Waals surface area (Å²) >= 11 is 5.77. The van der Waals surface area contributed by atoms with Crippen molar-refractivity contribution in [1.29, 1.82) is 0 Å². The predicted octanol–water partition coefficient (Wildman–Crippen LogP) is 1.63. The molecule has 1 atom stereocenters. The summed E-state index contributed by atoms with van der Waals surface area (Å²) < 4.78 is 24.4. The van der Waals surface area contributed by atoms with Gasteiger partial charge in [-0.05, 0) is 44.8 Å². The molecule has 2 heterocycles. The van der Waals surface area contributed by atoms with Gasteiger partial charge in [0.25, 0.3) is 0 Å². The van der Waals surface area contributed by atoms with Crippen LogP contribution in [-0.2, 0) is 9.84 Å². The molecule has 8 heteroatoms. The topological polar surface area (TPSA) is 72.0 Å². The minimum atomic E-state index is -3.45. The van der Waals surface area contributed by atoms with Crippen molar-refractivity contribution in [2.45, 2.75) is 24.9 Å². The van der Waals surface area contributed by atoms with Gasteiger partial charge in [0, 0.05) is 5.69 Å². The third-order valence-electron chi connectivity index (χ3n) is 2.93. The molecule has 1 N–H and O–H groups in total. The summed E-state index contributed by atoms with van der Waals surface area (Å²) in [4.78, 5) is 7.78. The molecule has 1 fully saturated rings. The van der Waals surface area contributed by atoms with E-state index in [2.05, 4.69) is 15.3 Å². The molecule has 1 aromatic heterocycles. The standard InChI is InChI=1S/C11H16ClN3O2S.ClH/c1-8-5-10(12)15-11(14-8)18(16,17)7-9-3-2-4-13-6-9;/h5,9,13H,2-4,6-7H2,1H3;1H. The summed E-state index contributed by atoms with van der Waals surface area (Å²) in [5.74, 6) is 0.214. The first-order valence-corrected chi connectivity index (χ1v) is 7.95. The molecule has 0 aromatic carbocycles. The molecule has 1 aromatic rings. The SMILES string of the molecule is Cc1cc(Cl)nc(S(=O)(=O)CC2CCCNC2)n1.Cl. The normalized spacial score (nSPS) is 19.8. The molecule has 0 bridgehead atoms. The minimum absolute atomic E-state index is 0. The van der Waals surface area contributed by atoms with E-state index in [9.17, 15) is 8.42 Å². The Morgan fingerprint density at radius 3 is 2.79 bits per heavy atom. The van der Waals surface area contributed by atoms with Crippen molar-refractivity contribution in [3.05, 3.63) is 16.9 Å². The average Bonchev–Trinajstić information content (AvgIpc) is 2.28. The van der Waals surface area contributed by atoms with E-state index in [0.29, 0.717) is 5.69 Å². The highest BCUT2D eigenvalue weighted by atomic mass is 35.5. The molecule has 1 saturated heterocycles. The number of hydrogen-bond acceptors (Lipinski definition) is 5. The number of sulfone groups is 1. The Hall–Kier alpha value is -0.430. The average molecular weight is 326 g/mol. The van der Waals surface area contributed by atoms with Crippen LogP contribution in [0, 0.1) is 12.8 Å². The van der Waals surface area contributed by atoms with Crippen LogP contribution >= 0.6 is 24.0 Å². The van der Waals surface area contributed by atoms with Crippen LogP contribution in [0.15, 0.2) is 11.2 Å². The van der Waals surface area contributed by atoms with Crippen molar-refractivity contribution in [1.82, 2.24) is 15.3 Å². The summed E-state index contributed by atoms with van der Waals surface area (Å²) in [5.41, 5.74) is 0.565. The Morgan fingerprint density at radius 1 is 1.47 bits per heavy atom. The number of nitrogens with one attached hydrogen (secondary N) is 1. The molecular formula is C11H17Cl2N3O2S. The van der Waals surface area contributed by atoms with Gasteiger partial charge in [-0.2, -0.15) is 0 Å². The van der Waals surface area contributed by atoms with Crippen molar-refractivity contribution < 1.29 is 8.42 Å². The first-order valence-electron chi connectivity index (χ1n) is 5.92. The van der Waals surface area contributed by atoms with Gasteiger partial charge in [0.1, 0.15) is 5.15 Å². The first-order chi connectivity index (χ1) is 8.47. The fourth-order valence-electron chi connectivity index (χ4n) is 2.09. The number of nitrogens with zero attached hydrogens (tertiary/aromatic N) is 2. The second kappa shape index (κ2) is 6.83. The maximum Gasteiger partial charge on any atom is 0.248 e. The van der Waals surface area contributed by atoms with Crippen LogP contribution in [0.5, 0.6) is 0 Å². The van der Waals surface area contributed by atoms with Gasteiger partial charge in [0.05, 0.1) is 5.75 Å². The van der Waals surface area contributed by atoms with Gasteiger partial charge in [0.2, 0.25) is 15.0 Å². The molecule has 0 saturated carbocycles. The Kier molecular flexibility index (Phi) is 5.98. The van der Waals surface area contributed by atoms with E-state index in [-0.39, 0.29) is 34.4 Å². The van der Waals surface area contributed by atoms with Crippen LogP contribution in [0.25, 0.3) is 0 Å². The molecule has 108 valence electrons. The second-order valence-corrected chi connectivity index (χ2v) is 6.92. The fraction of sp³-hybridized carbons (Fsp3) is 0.636. The van der Waals surface area contributed by atoms with Crippen molar-refractivity contribution in [2.24, 2.45) is 5.92 Å². The molecule has 0 radical (unpaired) electrons. The molecule has 2 rings (SSSR count). The van der Waals surface area contributed by atoms with Crippen LogP contribution in [0.2, 0.25) is 5.15 Å². The molecule has 0 spiro atoms. The maximum absolute atomic E-state index is 12.2. The second-order valence-electron chi connectivity index (χ2n) is 4.61. The largest absolute Gasteiger partial charge is 0.316 e. The lowest BCUT2D eigenvalue weighted by Crippen LogP contribution is -2.34. The van der Waals surface area contributed by atoms with Gasteiger partial charge >= 0.3 is 0 Å². The van der Waals surface area contributed by atoms with Crippen LogP contribution in [-0.4, -0.2) is 37.2 Å². The van der Waals surface area contributed by atoms with Gasteiger partial charge in [-0.3, -0.25) is 0 Å². The molecule has 5 nitrogen and oxygen atoms in total. The summed E-state index contributed by atoms with van der Waals surface area (Å²) in [6, 6.07) is 1.54. The molecule has 0 aliphatic carbocycles. The molecule has 0 amide bonds. The zero-order valence-corrected chi connectivity index (χ0v) is 13.0. The van der Waals surface area contributed by atoms with Gasteiger partial charge in [-0.15, -0.1) is 12.4 Å². The van der Waals surface area contributed by atoms with E-state index in [1.165, 1.54) is 0 Å². The van der Waals surface area contributed by atoms with Crippen LogP contribution in [0.1, 0.15) is 18.5 Å². The number of halogens is 2. The molecular weight excluding hydrogens is 309 g/mol. The Balaban J connectivity index is 0.00000180. The van der Waals surface area contributed by atoms with E-state index < -0.39 is 9.84 Å². The van der Waals surface area contributed by atoms with Crippen LogP contribution < -0.4 is 5.32 Å². The van der Waals surface area contributed by atoms with Gasteiger partial charge < -0.3 is 5.32 Å². The van der Waals surface area contributed by atoms with Crippen LogP contribution in [0.3, 0.4) is 0 Å². The molecule has 19 heavy (non-hydrogen) atoms. The first kappa shape index (κ1) is 16.6. The lowest BCUT2D eigenvalue weighted by atomic mass is 10.0. The number of aryl methyl sites for hydroxylation is 1. The highest BCUT2D eigenvalue weighted by Crippen LogP contribution is 2.18. The summed E-state index contributed by atoms with van der Waals surface area (Å²) in [6.07, 6.45) is 1.93. The lowest BCUT2D eigenvalue weighted by Gasteiger charge is -2.22. The zero-order chi connectivity index (χ0) is 13.2. The number of piperidine rings is 1. The van der Waals surface area contributed by atoms with Gasteiger partial charge in [-0.1, -0.05) is 11.6 Å².